The van der Waals surface area contributed by atoms with Crippen molar-refractivity contribution < 1.29 is 13.9 Å². The van der Waals surface area contributed by atoms with Gasteiger partial charge in [-0.2, -0.15) is 0 Å². The predicted octanol–water partition coefficient (Wildman–Crippen LogP) is 6.35. The van der Waals surface area contributed by atoms with Crippen molar-refractivity contribution in [2.24, 2.45) is 23.2 Å². The average molecular weight is 468 g/mol. The zero-order chi connectivity index (χ0) is 23.4. The van der Waals surface area contributed by atoms with E-state index in [1.54, 1.807) is 0 Å². The molecule has 1 heterocycles. The molecule has 5 nitrogen and oxygen atoms in total. The van der Waals surface area contributed by atoms with Crippen LogP contribution in [0.15, 0.2) is 30.3 Å². The van der Waals surface area contributed by atoms with E-state index in [1.807, 2.05) is 24.3 Å². The minimum atomic E-state index is -0.414. The largest absolute Gasteiger partial charge is 0.379 e. The molecule has 0 saturated heterocycles. The van der Waals surface area contributed by atoms with Gasteiger partial charge in [0, 0.05) is 25.0 Å². The first kappa shape index (κ1) is 23.5. The fourth-order valence-electron chi connectivity index (χ4n) is 7.28. The summed E-state index contributed by atoms with van der Waals surface area (Å²) in [6.07, 6.45) is 11.6. The number of carbonyl (C=O) groups is 1. The van der Waals surface area contributed by atoms with Crippen LogP contribution in [-0.2, 0) is 9.53 Å². The molecule has 4 bridgehead atoms. The highest BCUT2D eigenvalue weighted by molar-refractivity contribution is 6.01. The standard InChI is InChI=1S/C28H38FN3O2/c29-9-12-34-11-3-1-2-10-30-26-8-7-23-24(31-26)5-4-6-25(23)32-27(33)19-28-16-20-13-21(17-28)15-22(14-20)18-28/h4-8,20-22H,1-3,9-19H2,(H,30,31)(H,32,33). The summed E-state index contributed by atoms with van der Waals surface area (Å²) in [7, 11) is 0. The monoisotopic (exact) mass is 467 g/mol. The second kappa shape index (κ2) is 10.6. The molecule has 4 aliphatic carbocycles. The Balaban J connectivity index is 1.14. The van der Waals surface area contributed by atoms with E-state index in [0.29, 0.717) is 13.0 Å². The topological polar surface area (TPSA) is 63.2 Å². The summed E-state index contributed by atoms with van der Waals surface area (Å²) in [6.45, 7) is 1.24. The van der Waals surface area contributed by atoms with E-state index in [-0.39, 0.29) is 17.9 Å². The van der Waals surface area contributed by atoms with E-state index >= 15 is 0 Å². The Kier molecular flexibility index (Phi) is 7.33. The van der Waals surface area contributed by atoms with Gasteiger partial charge in [-0.15, -0.1) is 0 Å². The van der Waals surface area contributed by atoms with Gasteiger partial charge in [0.2, 0.25) is 5.91 Å². The lowest BCUT2D eigenvalue weighted by molar-refractivity contribution is -0.124. The van der Waals surface area contributed by atoms with Gasteiger partial charge in [0.15, 0.2) is 0 Å². The SMILES string of the molecule is O=C(CC12CC3CC(CC(C3)C1)C2)Nc1cccc2nc(NCCCCCOCCF)ccc12. The third-order valence-electron chi connectivity index (χ3n) is 8.20. The molecule has 2 N–H and O–H groups in total. The number of carbonyl (C=O) groups excluding carboxylic acids is 1. The highest BCUT2D eigenvalue weighted by Gasteiger charge is 2.51. The van der Waals surface area contributed by atoms with Crippen LogP contribution in [0.5, 0.6) is 0 Å². The molecule has 0 atom stereocenters. The number of nitrogens with zero attached hydrogens (tertiary/aromatic N) is 1. The van der Waals surface area contributed by atoms with Crippen molar-refractivity contribution in [2.45, 2.75) is 64.2 Å². The Morgan fingerprint density at radius 1 is 1.00 bits per heavy atom. The summed E-state index contributed by atoms with van der Waals surface area (Å²) >= 11 is 0. The van der Waals surface area contributed by atoms with Crippen molar-refractivity contribution in [3.05, 3.63) is 30.3 Å². The molecule has 1 aromatic heterocycles. The molecule has 0 radical (unpaired) electrons. The molecular weight excluding hydrogens is 429 g/mol. The molecular formula is C28H38FN3O2. The maximum absolute atomic E-state index is 13.1. The minimum absolute atomic E-state index is 0.159. The highest BCUT2D eigenvalue weighted by atomic mass is 19.1. The van der Waals surface area contributed by atoms with E-state index in [2.05, 4.69) is 16.7 Å². The number of alkyl halides is 1. The van der Waals surface area contributed by atoms with Crippen LogP contribution in [0.1, 0.15) is 64.2 Å². The van der Waals surface area contributed by atoms with Crippen LogP contribution in [0.4, 0.5) is 15.9 Å². The van der Waals surface area contributed by atoms with Crippen LogP contribution >= 0.6 is 0 Å². The van der Waals surface area contributed by atoms with Crippen LogP contribution in [0.25, 0.3) is 10.9 Å². The number of aromatic nitrogens is 1. The smallest absolute Gasteiger partial charge is 0.224 e. The Morgan fingerprint density at radius 2 is 1.76 bits per heavy atom. The van der Waals surface area contributed by atoms with Gasteiger partial charge in [-0.3, -0.25) is 4.79 Å². The van der Waals surface area contributed by atoms with Gasteiger partial charge in [-0.1, -0.05) is 6.07 Å². The minimum Gasteiger partial charge on any atom is -0.379 e. The van der Waals surface area contributed by atoms with Gasteiger partial charge in [0.25, 0.3) is 0 Å². The van der Waals surface area contributed by atoms with Crippen LogP contribution in [-0.4, -0.2) is 37.3 Å². The molecule has 1 aromatic carbocycles. The molecule has 0 spiro atoms. The molecule has 34 heavy (non-hydrogen) atoms. The van der Waals surface area contributed by atoms with Gasteiger partial charge >= 0.3 is 0 Å². The Bertz CT molecular complexity index is 959. The number of amides is 1. The number of rotatable bonds is 12. The first-order chi connectivity index (χ1) is 16.6. The lowest BCUT2D eigenvalue weighted by atomic mass is 9.49. The molecule has 4 aliphatic rings. The molecule has 2 aromatic rings. The summed E-state index contributed by atoms with van der Waals surface area (Å²) in [4.78, 5) is 17.9. The second-order valence-electron chi connectivity index (χ2n) is 11.0. The molecule has 6 heteroatoms. The number of nitrogens with one attached hydrogen (secondary N) is 2. The quantitative estimate of drug-likeness (QED) is 0.357. The Hall–Kier alpha value is -2.21. The Morgan fingerprint density at radius 3 is 2.50 bits per heavy atom. The molecule has 184 valence electrons. The number of ether oxygens (including phenoxy) is 1. The van der Waals surface area contributed by atoms with E-state index in [0.717, 1.165) is 66.0 Å². The van der Waals surface area contributed by atoms with E-state index in [1.165, 1.54) is 38.5 Å². The summed E-state index contributed by atoms with van der Waals surface area (Å²) < 4.78 is 17.2. The molecule has 6 rings (SSSR count). The van der Waals surface area contributed by atoms with Crippen LogP contribution in [0.3, 0.4) is 0 Å². The van der Waals surface area contributed by atoms with Gasteiger partial charge in [-0.25, -0.2) is 9.37 Å². The van der Waals surface area contributed by atoms with Crippen LogP contribution < -0.4 is 10.6 Å². The van der Waals surface area contributed by atoms with E-state index in [9.17, 15) is 9.18 Å². The number of fused-ring (bicyclic) bond motifs is 1. The molecule has 4 saturated carbocycles. The van der Waals surface area contributed by atoms with Crippen molar-refractivity contribution in [3.63, 3.8) is 0 Å². The summed E-state index contributed by atoms with van der Waals surface area (Å²) in [6, 6.07) is 9.99. The fourth-order valence-corrected chi connectivity index (χ4v) is 7.28. The summed E-state index contributed by atoms with van der Waals surface area (Å²) in [5.41, 5.74) is 2.00. The third kappa shape index (κ3) is 5.54. The van der Waals surface area contributed by atoms with Crippen molar-refractivity contribution in [1.82, 2.24) is 4.98 Å². The maximum atomic E-state index is 13.1. The van der Waals surface area contributed by atoms with Gasteiger partial charge in [-0.05, 0) is 105 Å². The van der Waals surface area contributed by atoms with Crippen LogP contribution in [0.2, 0.25) is 0 Å². The number of hydrogen-bond acceptors (Lipinski definition) is 4. The number of halogens is 1. The number of hydrogen-bond donors (Lipinski definition) is 2. The maximum Gasteiger partial charge on any atom is 0.224 e. The summed E-state index contributed by atoms with van der Waals surface area (Å²) in [5.74, 6) is 3.59. The van der Waals surface area contributed by atoms with Crippen molar-refractivity contribution in [2.75, 3.05) is 37.1 Å². The van der Waals surface area contributed by atoms with E-state index < -0.39 is 6.67 Å². The zero-order valence-corrected chi connectivity index (χ0v) is 20.2. The zero-order valence-electron chi connectivity index (χ0n) is 20.2. The lowest BCUT2D eigenvalue weighted by Gasteiger charge is -2.56. The van der Waals surface area contributed by atoms with E-state index in [4.69, 9.17) is 9.72 Å². The fraction of sp³-hybridized carbons (Fsp3) is 0.643. The van der Waals surface area contributed by atoms with Crippen molar-refractivity contribution in [1.29, 1.82) is 0 Å². The third-order valence-corrected chi connectivity index (χ3v) is 8.20. The Labute approximate surface area is 202 Å². The lowest BCUT2D eigenvalue weighted by Crippen LogP contribution is -2.47. The van der Waals surface area contributed by atoms with Gasteiger partial charge in [0.05, 0.1) is 17.8 Å². The first-order valence-corrected chi connectivity index (χ1v) is 13.2. The normalized spacial score (nSPS) is 27.3. The number of pyridine rings is 1. The van der Waals surface area contributed by atoms with Gasteiger partial charge < -0.3 is 15.4 Å². The molecule has 1 amide bonds. The van der Waals surface area contributed by atoms with Crippen molar-refractivity contribution in [3.8, 4) is 0 Å². The van der Waals surface area contributed by atoms with Crippen molar-refractivity contribution >= 4 is 28.3 Å². The number of unbranched alkanes of at least 4 members (excludes halogenated alkanes) is 2. The predicted molar refractivity (Wildman–Crippen MR) is 135 cm³/mol. The van der Waals surface area contributed by atoms with Gasteiger partial charge in [0.1, 0.15) is 12.5 Å². The number of anilines is 2. The second-order valence-corrected chi connectivity index (χ2v) is 11.0. The average Bonchev–Trinajstić information content (AvgIpc) is 2.79. The highest BCUT2D eigenvalue weighted by Crippen LogP contribution is 2.61. The molecule has 0 unspecified atom stereocenters. The van der Waals surface area contributed by atoms with Crippen LogP contribution in [0, 0.1) is 23.2 Å². The first-order valence-electron chi connectivity index (χ1n) is 13.2. The number of benzene rings is 1. The molecule has 0 aliphatic heterocycles. The molecule has 4 fully saturated rings. The summed E-state index contributed by atoms with van der Waals surface area (Å²) in [5, 5.41) is 7.59.